The van der Waals surface area contributed by atoms with Gasteiger partial charge in [-0.2, -0.15) is 0 Å². The van der Waals surface area contributed by atoms with Gasteiger partial charge in [0.15, 0.2) is 0 Å². The van der Waals surface area contributed by atoms with Crippen LogP contribution in [0.4, 0.5) is 0 Å². The molecule has 1 saturated carbocycles. The Balaban J connectivity index is 1.97. The molecule has 2 aliphatic rings. The minimum atomic E-state index is -0.0519. The molecular formula is C12H23NO. The van der Waals surface area contributed by atoms with Crippen molar-refractivity contribution in [3.8, 4) is 0 Å². The zero-order valence-electron chi connectivity index (χ0n) is 9.50. The molecule has 0 amide bonds. The zero-order chi connectivity index (χ0) is 10.2. The first-order valence-electron chi connectivity index (χ1n) is 6.01. The molecule has 1 heterocycles. The van der Waals surface area contributed by atoms with Gasteiger partial charge in [-0.05, 0) is 44.1 Å². The van der Waals surface area contributed by atoms with Crippen LogP contribution in [-0.2, 0) is 0 Å². The van der Waals surface area contributed by atoms with E-state index in [0.29, 0.717) is 11.5 Å². The highest BCUT2D eigenvalue weighted by Crippen LogP contribution is 2.33. The maximum absolute atomic E-state index is 9.87. The largest absolute Gasteiger partial charge is 0.391 e. The Bertz CT molecular complexity index is 202. The van der Waals surface area contributed by atoms with Crippen LogP contribution in [0.2, 0.25) is 0 Å². The lowest BCUT2D eigenvalue weighted by molar-refractivity contribution is 0.0222. The summed E-state index contributed by atoms with van der Waals surface area (Å²) in [7, 11) is 0. The van der Waals surface area contributed by atoms with Crippen LogP contribution in [0.3, 0.4) is 0 Å². The number of hydrogen-bond donors (Lipinski definition) is 1. The quantitative estimate of drug-likeness (QED) is 0.695. The first kappa shape index (κ1) is 10.4. The lowest BCUT2D eigenvalue weighted by atomic mass is 9.83. The van der Waals surface area contributed by atoms with Gasteiger partial charge < -0.3 is 5.11 Å². The minimum Gasteiger partial charge on any atom is -0.391 e. The minimum absolute atomic E-state index is 0.0519. The van der Waals surface area contributed by atoms with E-state index in [9.17, 15) is 5.11 Å². The second-order valence-electron chi connectivity index (χ2n) is 5.80. The molecule has 1 aliphatic carbocycles. The molecule has 0 aromatic heterocycles. The van der Waals surface area contributed by atoms with Gasteiger partial charge >= 0.3 is 0 Å². The van der Waals surface area contributed by atoms with Crippen molar-refractivity contribution in [3.63, 3.8) is 0 Å². The molecule has 2 atom stereocenters. The molecule has 2 rings (SSSR count). The maximum atomic E-state index is 9.87. The maximum Gasteiger partial charge on any atom is 0.0695 e. The molecule has 0 unspecified atom stereocenters. The van der Waals surface area contributed by atoms with Crippen molar-refractivity contribution in [2.75, 3.05) is 13.1 Å². The molecule has 14 heavy (non-hydrogen) atoms. The highest BCUT2D eigenvalue weighted by Gasteiger charge is 2.35. The van der Waals surface area contributed by atoms with Gasteiger partial charge in [0.2, 0.25) is 0 Å². The summed E-state index contributed by atoms with van der Waals surface area (Å²) in [6.07, 6.45) is 6.02. The summed E-state index contributed by atoms with van der Waals surface area (Å²) in [6, 6.07) is 0.467. The van der Waals surface area contributed by atoms with Gasteiger partial charge in [0.25, 0.3) is 0 Å². The topological polar surface area (TPSA) is 23.5 Å². The van der Waals surface area contributed by atoms with Gasteiger partial charge in [-0.1, -0.05) is 13.8 Å². The van der Waals surface area contributed by atoms with E-state index in [-0.39, 0.29) is 6.10 Å². The van der Waals surface area contributed by atoms with Gasteiger partial charge in [-0.3, -0.25) is 4.90 Å². The summed E-state index contributed by atoms with van der Waals surface area (Å²) < 4.78 is 0. The van der Waals surface area contributed by atoms with Crippen LogP contribution in [-0.4, -0.2) is 35.2 Å². The Labute approximate surface area is 87.3 Å². The van der Waals surface area contributed by atoms with Crippen LogP contribution in [0.5, 0.6) is 0 Å². The molecule has 82 valence electrons. The SMILES string of the molecule is CC1(C)CCCN([C@H]2CCC[C@@H]2O)C1. The Morgan fingerprint density at radius 3 is 2.57 bits per heavy atom. The fourth-order valence-electron chi connectivity index (χ4n) is 3.10. The van der Waals surface area contributed by atoms with Crippen molar-refractivity contribution < 1.29 is 5.11 Å². The summed E-state index contributed by atoms with van der Waals surface area (Å²) >= 11 is 0. The van der Waals surface area contributed by atoms with Crippen LogP contribution in [0.1, 0.15) is 46.0 Å². The standard InChI is InChI=1S/C12H23NO/c1-12(2)7-4-8-13(9-12)10-5-3-6-11(10)14/h10-11,14H,3-9H2,1-2H3/t10-,11-/m0/s1. The van der Waals surface area contributed by atoms with Crippen LogP contribution in [0, 0.1) is 5.41 Å². The van der Waals surface area contributed by atoms with Gasteiger partial charge in [-0.25, -0.2) is 0 Å². The fourth-order valence-corrected chi connectivity index (χ4v) is 3.10. The summed E-state index contributed by atoms with van der Waals surface area (Å²) in [5.74, 6) is 0. The summed E-state index contributed by atoms with van der Waals surface area (Å²) in [6.45, 7) is 7.07. The third-order valence-corrected chi connectivity index (χ3v) is 3.84. The van der Waals surface area contributed by atoms with Crippen molar-refractivity contribution in [2.45, 2.75) is 58.1 Å². The van der Waals surface area contributed by atoms with Crippen LogP contribution in [0.15, 0.2) is 0 Å². The van der Waals surface area contributed by atoms with E-state index in [0.717, 1.165) is 6.42 Å². The molecule has 1 saturated heterocycles. The van der Waals surface area contributed by atoms with E-state index in [2.05, 4.69) is 18.7 Å². The van der Waals surface area contributed by atoms with Crippen molar-refractivity contribution in [2.24, 2.45) is 5.41 Å². The molecule has 0 spiro atoms. The van der Waals surface area contributed by atoms with E-state index in [1.165, 1.54) is 38.8 Å². The number of aliphatic hydroxyl groups is 1. The highest BCUT2D eigenvalue weighted by atomic mass is 16.3. The normalized spacial score (nSPS) is 38.8. The molecule has 0 aromatic rings. The molecule has 1 N–H and O–H groups in total. The first-order valence-corrected chi connectivity index (χ1v) is 6.01. The monoisotopic (exact) mass is 197 g/mol. The van der Waals surface area contributed by atoms with E-state index in [1.807, 2.05) is 0 Å². The summed E-state index contributed by atoms with van der Waals surface area (Å²) in [5.41, 5.74) is 0.459. The third-order valence-electron chi connectivity index (χ3n) is 3.84. The zero-order valence-corrected chi connectivity index (χ0v) is 9.50. The number of rotatable bonds is 1. The molecule has 0 bridgehead atoms. The van der Waals surface area contributed by atoms with Crippen molar-refractivity contribution in [1.29, 1.82) is 0 Å². The van der Waals surface area contributed by atoms with E-state index >= 15 is 0 Å². The predicted octanol–water partition coefficient (Wildman–Crippen LogP) is 2.02. The van der Waals surface area contributed by atoms with Gasteiger partial charge in [0.1, 0.15) is 0 Å². The Morgan fingerprint density at radius 1 is 1.21 bits per heavy atom. The number of aliphatic hydroxyl groups excluding tert-OH is 1. The summed E-state index contributed by atoms with van der Waals surface area (Å²) in [4.78, 5) is 2.53. The predicted molar refractivity (Wildman–Crippen MR) is 58.2 cm³/mol. The molecule has 0 radical (unpaired) electrons. The fraction of sp³-hybridized carbons (Fsp3) is 1.00. The number of piperidine rings is 1. The molecule has 2 fully saturated rings. The highest BCUT2D eigenvalue weighted by molar-refractivity contribution is 4.90. The molecule has 0 aromatic carbocycles. The first-order chi connectivity index (χ1) is 6.58. The summed E-state index contributed by atoms with van der Waals surface area (Å²) in [5, 5.41) is 9.87. The number of likely N-dealkylation sites (tertiary alicyclic amines) is 1. The molecule has 2 heteroatoms. The van der Waals surface area contributed by atoms with E-state index in [1.54, 1.807) is 0 Å². The van der Waals surface area contributed by atoms with Gasteiger partial charge in [-0.15, -0.1) is 0 Å². The third kappa shape index (κ3) is 2.12. The van der Waals surface area contributed by atoms with Crippen LogP contribution in [0.25, 0.3) is 0 Å². The Hall–Kier alpha value is -0.0800. The van der Waals surface area contributed by atoms with Crippen LogP contribution < -0.4 is 0 Å². The van der Waals surface area contributed by atoms with Crippen molar-refractivity contribution in [1.82, 2.24) is 4.90 Å². The molecule has 2 nitrogen and oxygen atoms in total. The average Bonchev–Trinajstić information content (AvgIpc) is 2.49. The second-order valence-corrected chi connectivity index (χ2v) is 5.80. The number of hydrogen-bond acceptors (Lipinski definition) is 2. The second kappa shape index (κ2) is 3.82. The smallest absolute Gasteiger partial charge is 0.0695 e. The number of nitrogens with zero attached hydrogens (tertiary/aromatic N) is 1. The molecule has 1 aliphatic heterocycles. The van der Waals surface area contributed by atoms with Crippen LogP contribution >= 0.6 is 0 Å². The Kier molecular flexibility index (Phi) is 2.85. The lowest BCUT2D eigenvalue weighted by Crippen LogP contribution is -2.48. The average molecular weight is 197 g/mol. The lowest BCUT2D eigenvalue weighted by Gasteiger charge is -2.42. The van der Waals surface area contributed by atoms with E-state index in [4.69, 9.17) is 0 Å². The Morgan fingerprint density at radius 2 is 2.00 bits per heavy atom. The van der Waals surface area contributed by atoms with Gasteiger partial charge in [0.05, 0.1) is 6.10 Å². The molecular weight excluding hydrogens is 174 g/mol. The van der Waals surface area contributed by atoms with Crippen molar-refractivity contribution in [3.05, 3.63) is 0 Å². The van der Waals surface area contributed by atoms with E-state index < -0.39 is 0 Å². The van der Waals surface area contributed by atoms with Gasteiger partial charge in [0, 0.05) is 12.6 Å². The van der Waals surface area contributed by atoms with Crippen molar-refractivity contribution >= 4 is 0 Å².